The lowest BCUT2D eigenvalue weighted by Gasteiger charge is -2.32. The van der Waals surface area contributed by atoms with E-state index in [1.165, 1.54) is 13.8 Å². The van der Waals surface area contributed by atoms with Crippen molar-refractivity contribution in [1.82, 2.24) is 0 Å². The third-order valence-corrected chi connectivity index (χ3v) is 3.11. The van der Waals surface area contributed by atoms with Crippen LogP contribution in [0.1, 0.15) is 13.8 Å². The zero-order valence-electron chi connectivity index (χ0n) is 9.92. The fourth-order valence-electron chi connectivity index (χ4n) is 2.41. The van der Waals surface area contributed by atoms with Crippen LogP contribution in [0, 0.1) is 11.8 Å². The summed E-state index contributed by atoms with van der Waals surface area (Å²) in [5, 5.41) is 0. The van der Waals surface area contributed by atoms with E-state index in [0.29, 0.717) is 13.2 Å². The summed E-state index contributed by atoms with van der Waals surface area (Å²) in [7, 11) is 0. The van der Waals surface area contributed by atoms with Crippen molar-refractivity contribution in [2.24, 2.45) is 11.8 Å². The second-order valence-electron chi connectivity index (χ2n) is 4.40. The summed E-state index contributed by atoms with van der Waals surface area (Å²) in [5.74, 6) is -0.464. The molecule has 0 amide bonds. The molecule has 2 aliphatic rings. The van der Waals surface area contributed by atoms with E-state index in [2.05, 4.69) is 0 Å². The minimum Gasteiger partial charge on any atom is -0.458 e. The van der Waals surface area contributed by atoms with E-state index in [1.54, 1.807) is 12.2 Å². The van der Waals surface area contributed by atoms with Gasteiger partial charge in [0.05, 0.1) is 13.2 Å². The monoisotopic (exact) mass is 240 g/mol. The number of carbonyl (C=O) groups is 2. The molecule has 0 N–H and O–H groups in total. The standard InChI is InChI=1S/C12H16O5/c1-7(13)16-11-3-4-12(17-8(2)14)10-6-15-5-9(10)11/h3-4,9-12H,5-6H2,1-2H3/t9-,10+,11-,12+. The Labute approximate surface area is 99.7 Å². The van der Waals surface area contributed by atoms with Crippen molar-refractivity contribution in [2.45, 2.75) is 26.1 Å². The maximum atomic E-state index is 11.0. The van der Waals surface area contributed by atoms with Crippen molar-refractivity contribution in [3.8, 4) is 0 Å². The molecule has 1 heterocycles. The quantitative estimate of drug-likeness (QED) is 0.524. The molecule has 4 atom stereocenters. The smallest absolute Gasteiger partial charge is 0.303 e. The molecule has 1 saturated heterocycles. The van der Waals surface area contributed by atoms with Gasteiger partial charge in [0.2, 0.25) is 0 Å². The molecule has 0 aromatic heterocycles. The van der Waals surface area contributed by atoms with Crippen molar-refractivity contribution in [3.63, 3.8) is 0 Å². The van der Waals surface area contributed by atoms with Gasteiger partial charge in [-0.15, -0.1) is 0 Å². The zero-order valence-corrected chi connectivity index (χ0v) is 9.92. The van der Waals surface area contributed by atoms with Gasteiger partial charge in [-0.2, -0.15) is 0 Å². The van der Waals surface area contributed by atoms with Crippen LogP contribution in [0.4, 0.5) is 0 Å². The van der Waals surface area contributed by atoms with Crippen molar-refractivity contribution in [2.75, 3.05) is 13.2 Å². The average molecular weight is 240 g/mol. The Kier molecular flexibility index (Phi) is 3.47. The summed E-state index contributed by atoms with van der Waals surface area (Å²) in [6.45, 7) is 3.84. The van der Waals surface area contributed by atoms with Gasteiger partial charge in [0.25, 0.3) is 0 Å². The number of hydrogen-bond donors (Lipinski definition) is 0. The van der Waals surface area contributed by atoms with Gasteiger partial charge >= 0.3 is 11.9 Å². The predicted octanol–water partition coefficient (Wildman–Crippen LogP) is 0.682. The molecule has 0 aromatic rings. The molecule has 1 aliphatic carbocycles. The lowest BCUT2D eigenvalue weighted by Crippen LogP contribution is -2.40. The van der Waals surface area contributed by atoms with Gasteiger partial charge in [-0.05, 0) is 12.2 Å². The molecule has 5 heteroatoms. The number of esters is 2. The van der Waals surface area contributed by atoms with Crippen LogP contribution in [-0.4, -0.2) is 37.4 Å². The molecular formula is C12H16O5. The highest BCUT2D eigenvalue weighted by molar-refractivity contribution is 5.67. The Bertz CT molecular complexity index is 317. The zero-order chi connectivity index (χ0) is 12.4. The highest BCUT2D eigenvalue weighted by Crippen LogP contribution is 2.34. The number of rotatable bonds is 2. The highest BCUT2D eigenvalue weighted by Gasteiger charge is 2.43. The summed E-state index contributed by atoms with van der Waals surface area (Å²) in [6, 6.07) is 0. The first-order valence-electron chi connectivity index (χ1n) is 5.68. The van der Waals surface area contributed by atoms with E-state index < -0.39 is 0 Å². The van der Waals surface area contributed by atoms with Gasteiger partial charge in [0.1, 0.15) is 12.2 Å². The summed E-state index contributed by atoms with van der Waals surface area (Å²) in [4.78, 5) is 22.0. The molecular weight excluding hydrogens is 224 g/mol. The maximum absolute atomic E-state index is 11.0. The Morgan fingerprint density at radius 3 is 1.76 bits per heavy atom. The van der Waals surface area contributed by atoms with Gasteiger partial charge in [-0.1, -0.05) is 0 Å². The van der Waals surface area contributed by atoms with Crippen LogP contribution in [0.25, 0.3) is 0 Å². The summed E-state index contributed by atoms with van der Waals surface area (Å²) in [6.07, 6.45) is 3.02. The number of fused-ring (bicyclic) bond motifs is 1. The third-order valence-electron chi connectivity index (χ3n) is 3.11. The molecule has 0 saturated carbocycles. The fraction of sp³-hybridized carbons (Fsp3) is 0.667. The van der Waals surface area contributed by atoms with Crippen LogP contribution in [0.5, 0.6) is 0 Å². The Hall–Kier alpha value is -1.36. The third kappa shape index (κ3) is 2.66. The van der Waals surface area contributed by atoms with Crippen molar-refractivity contribution in [3.05, 3.63) is 12.2 Å². The molecule has 5 nitrogen and oxygen atoms in total. The van der Waals surface area contributed by atoms with Crippen LogP contribution < -0.4 is 0 Å². The maximum Gasteiger partial charge on any atom is 0.303 e. The lowest BCUT2D eigenvalue weighted by molar-refractivity contribution is -0.153. The van der Waals surface area contributed by atoms with Gasteiger partial charge in [-0.25, -0.2) is 0 Å². The fourth-order valence-corrected chi connectivity index (χ4v) is 2.41. The Balaban J connectivity index is 2.10. The van der Waals surface area contributed by atoms with E-state index in [1.807, 2.05) is 0 Å². The minimum atomic E-state index is -0.309. The Morgan fingerprint density at radius 2 is 1.41 bits per heavy atom. The summed E-state index contributed by atoms with van der Waals surface area (Å²) >= 11 is 0. The van der Waals surface area contributed by atoms with Crippen LogP contribution in [0.15, 0.2) is 12.2 Å². The molecule has 0 bridgehead atoms. The van der Waals surface area contributed by atoms with E-state index in [-0.39, 0.29) is 36.0 Å². The van der Waals surface area contributed by atoms with Crippen molar-refractivity contribution >= 4 is 11.9 Å². The molecule has 2 rings (SSSR count). The molecule has 1 aliphatic heterocycles. The van der Waals surface area contributed by atoms with Gasteiger partial charge in [0, 0.05) is 25.7 Å². The van der Waals surface area contributed by atoms with Crippen LogP contribution >= 0.6 is 0 Å². The molecule has 0 aromatic carbocycles. The molecule has 94 valence electrons. The Morgan fingerprint density at radius 1 is 1.00 bits per heavy atom. The summed E-state index contributed by atoms with van der Waals surface area (Å²) in [5.41, 5.74) is 0. The second kappa shape index (κ2) is 4.87. The first-order chi connectivity index (χ1) is 8.08. The topological polar surface area (TPSA) is 61.8 Å². The van der Waals surface area contributed by atoms with E-state index in [4.69, 9.17) is 14.2 Å². The van der Waals surface area contributed by atoms with Crippen molar-refractivity contribution in [1.29, 1.82) is 0 Å². The minimum absolute atomic E-state index is 0.0771. The predicted molar refractivity (Wildman–Crippen MR) is 58.0 cm³/mol. The second-order valence-corrected chi connectivity index (χ2v) is 4.40. The first-order valence-corrected chi connectivity index (χ1v) is 5.68. The molecule has 0 unspecified atom stereocenters. The van der Waals surface area contributed by atoms with Crippen LogP contribution in [0.2, 0.25) is 0 Å². The average Bonchev–Trinajstić information content (AvgIpc) is 2.69. The SMILES string of the molecule is CC(=O)O[C@H]1C=C[C@@H](OC(C)=O)[C@@H]2COC[C@@H]21. The number of ether oxygens (including phenoxy) is 3. The molecule has 0 spiro atoms. The van der Waals surface area contributed by atoms with E-state index in [0.717, 1.165) is 0 Å². The number of hydrogen-bond acceptors (Lipinski definition) is 5. The molecule has 0 radical (unpaired) electrons. The van der Waals surface area contributed by atoms with E-state index >= 15 is 0 Å². The normalized spacial score (nSPS) is 35.2. The van der Waals surface area contributed by atoms with Crippen molar-refractivity contribution < 1.29 is 23.8 Å². The lowest BCUT2D eigenvalue weighted by atomic mass is 9.81. The van der Waals surface area contributed by atoms with Crippen LogP contribution in [0.3, 0.4) is 0 Å². The van der Waals surface area contributed by atoms with E-state index in [9.17, 15) is 9.59 Å². The highest BCUT2D eigenvalue weighted by atomic mass is 16.6. The van der Waals surface area contributed by atoms with Gasteiger partial charge in [0.15, 0.2) is 0 Å². The number of carbonyl (C=O) groups excluding carboxylic acids is 2. The molecule has 17 heavy (non-hydrogen) atoms. The first kappa shape index (κ1) is 12.1. The largest absolute Gasteiger partial charge is 0.458 e. The van der Waals surface area contributed by atoms with Crippen LogP contribution in [-0.2, 0) is 23.8 Å². The molecule has 1 fully saturated rings. The summed E-state index contributed by atoms with van der Waals surface area (Å²) < 4.78 is 15.8. The van der Waals surface area contributed by atoms with Gasteiger partial charge in [-0.3, -0.25) is 9.59 Å². The van der Waals surface area contributed by atoms with Gasteiger partial charge < -0.3 is 14.2 Å².